The van der Waals surface area contributed by atoms with Crippen molar-refractivity contribution in [2.75, 3.05) is 20.8 Å². The molecule has 0 saturated heterocycles. The molecule has 0 radical (unpaired) electrons. The zero-order valence-corrected chi connectivity index (χ0v) is 18.7. The second-order valence-corrected chi connectivity index (χ2v) is 14.9. The molecule has 0 N–H and O–H groups in total. The predicted molar refractivity (Wildman–Crippen MR) is 105 cm³/mol. The van der Waals surface area contributed by atoms with Crippen LogP contribution in [0.1, 0.15) is 54.4 Å². The third-order valence-corrected chi connectivity index (χ3v) is 13.8. The number of ketones is 1. The summed E-state index contributed by atoms with van der Waals surface area (Å²) < 4.78 is 18.9. The first-order chi connectivity index (χ1) is 12.2. The number of ether oxygens (including phenoxy) is 2. The Morgan fingerprint density at radius 1 is 1.12 bits per heavy atom. The Morgan fingerprint density at radius 2 is 1.69 bits per heavy atom. The molecule has 2 unspecified atom stereocenters. The van der Waals surface area contributed by atoms with Crippen LogP contribution >= 0.6 is 0 Å². The molecule has 2 fully saturated rings. The van der Waals surface area contributed by atoms with E-state index in [4.69, 9.17) is 13.9 Å². The zero-order chi connectivity index (χ0) is 19.5. The van der Waals surface area contributed by atoms with Crippen molar-refractivity contribution < 1.29 is 18.7 Å². The van der Waals surface area contributed by atoms with Crippen molar-refractivity contribution >= 4 is 14.1 Å². The van der Waals surface area contributed by atoms with E-state index < -0.39 is 19.3 Å². The minimum atomic E-state index is -2.03. The SMILES string of the molecule is COC1=CCC2C3C(=O)C[C@]1(CO[Si](C(C)C)(C(C)C)C(C)C)[C@@]23OC. The molecule has 4 atom stereocenters. The van der Waals surface area contributed by atoms with E-state index in [-0.39, 0.29) is 5.92 Å². The lowest BCUT2D eigenvalue weighted by Gasteiger charge is -2.47. The number of Topliss-reactive ketones (excluding diaryl/α,β-unsaturated/α-hetero) is 1. The molecule has 4 nitrogen and oxygen atoms in total. The highest BCUT2D eigenvalue weighted by molar-refractivity contribution is 6.77. The molecule has 148 valence electrons. The summed E-state index contributed by atoms with van der Waals surface area (Å²) in [6.45, 7) is 14.3. The van der Waals surface area contributed by atoms with Gasteiger partial charge in [0.25, 0.3) is 0 Å². The Balaban J connectivity index is 1.99. The van der Waals surface area contributed by atoms with Gasteiger partial charge in [-0.05, 0) is 29.1 Å². The van der Waals surface area contributed by atoms with Crippen molar-refractivity contribution in [1.29, 1.82) is 0 Å². The van der Waals surface area contributed by atoms with E-state index >= 15 is 0 Å². The fourth-order valence-electron chi connectivity index (χ4n) is 6.85. The maximum atomic E-state index is 12.8. The smallest absolute Gasteiger partial charge is 0.200 e. The summed E-state index contributed by atoms with van der Waals surface area (Å²) in [5.41, 5.74) is 0.685. The minimum absolute atomic E-state index is 0.0215. The number of methoxy groups -OCH3 is 2. The van der Waals surface area contributed by atoms with Gasteiger partial charge < -0.3 is 13.9 Å². The molecule has 5 heteroatoms. The zero-order valence-electron chi connectivity index (χ0n) is 17.7. The first-order valence-corrected chi connectivity index (χ1v) is 12.3. The van der Waals surface area contributed by atoms with Gasteiger partial charge >= 0.3 is 0 Å². The largest absolute Gasteiger partial charge is 0.501 e. The number of carbonyl (C=O) groups is 1. The van der Waals surface area contributed by atoms with E-state index in [0.717, 1.165) is 12.2 Å². The summed E-state index contributed by atoms with van der Waals surface area (Å²) in [5.74, 6) is 1.55. The van der Waals surface area contributed by atoms with Crippen molar-refractivity contribution in [3.8, 4) is 0 Å². The summed E-state index contributed by atoms with van der Waals surface area (Å²) in [5, 5.41) is 0. The molecule has 0 amide bonds. The molecule has 2 saturated carbocycles. The second-order valence-electron chi connectivity index (χ2n) is 9.42. The van der Waals surface area contributed by atoms with Gasteiger partial charge in [-0.1, -0.05) is 41.5 Å². The van der Waals surface area contributed by atoms with Gasteiger partial charge in [0.15, 0.2) is 8.32 Å². The highest BCUT2D eigenvalue weighted by Crippen LogP contribution is 2.75. The Morgan fingerprint density at radius 3 is 2.15 bits per heavy atom. The maximum absolute atomic E-state index is 12.8. The molecular formula is C21H36O4Si. The Kier molecular flexibility index (Phi) is 4.99. The Hall–Kier alpha value is -0.653. The van der Waals surface area contributed by atoms with Gasteiger partial charge in [-0.15, -0.1) is 0 Å². The summed E-state index contributed by atoms with van der Waals surface area (Å²) in [6.07, 6.45) is 3.54. The average molecular weight is 381 g/mol. The van der Waals surface area contributed by atoms with Crippen LogP contribution in [-0.4, -0.2) is 40.5 Å². The lowest BCUT2D eigenvalue weighted by Crippen LogP contribution is -2.53. The van der Waals surface area contributed by atoms with Gasteiger partial charge in [0, 0.05) is 26.1 Å². The van der Waals surface area contributed by atoms with Crippen LogP contribution in [0.15, 0.2) is 11.8 Å². The normalized spacial score (nSPS) is 36.0. The lowest BCUT2D eigenvalue weighted by atomic mass is 9.73. The first-order valence-electron chi connectivity index (χ1n) is 10.1. The van der Waals surface area contributed by atoms with Crippen molar-refractivity contribution in [2.45, 2.75) is 76.6 Å². The summed E-state index contributed by atoms with van der Waals surface area (Å²) in [6, 6.07) is 0. The third kappa shape index (κ3) is 2.23. The van der Waals surface area contributed by atoms with Crippen LogP contribution in [0.2, 0.25) is 16.6 Å². The minimum Gasteiger partial charge on any atom is -0.501 e. The molecule has 0 aliphatic heterocycles. The molecule has 0 aromatic heterocycles. The summed E-state index contributed by atoms with van der Waals surface area (Å²) >= 11 is 0. The van der Waals surface area contributed by atoms with Crippen LogP contribution in [0.4, 0.5) is 0 Å². The predicted octanol–water partition coefficient (Wildman–Crippen LogP) is 4.70. The van der Waals surface area contributed by atoms with Gasteiger partial charge in [-0.3, -0.25) is 4.79 Å². The maximum Gasteiger partial charge on any atom is 0.200 e. The van der Waals surface area contributed by atoms with Crippen LogP contribution in [0, 0.1) is 17.3 Å². The van der Waals surface area contributed by atoms with Crippen LogP contribution < -0.4 is 0 Å². The average Bonchev–Trinajstić information content (AvgIpc) is 3.16. The molecule has 3 aliphatic rings. The molecule has 0 bridgehead atoms. The van der Waals surface area contributed by atoms with Crippen LogP contribution in [0.3, 0.4) is 0 Å². The molecule has 0 aromatic carbocycles. The van der Waals surface area contributed by atoms with Crippen molar-refractivity contribution in [1.82, 2.24) is 0 Å². The number of hydrogen-bond donors (Lipinski definition) is 0. The molecule has 0 aromatic rings. The number of hydrogen-bond acceptors (Lipinski definition) is 4. The van der Waals surface area contributed by atoms with E-state index in [1.54, 1.807) is 14.2 Å². The first kappa shape index (κ1) is 20.1. The highest BCUT2D eigenvalue weighted by atomic mass is 28.4. The van der Waals surface area contributed by atoms with Gasteiger partial charge in [0.2, 0.25) is 0 Å². The summed E-state index contributed by atoms with van der Waals surface area (Å²) in [4.78, 5) is 12.8. The quantitative estimate of drug-likeness (QED) is 0.572. The van der Waals surface area contributed by atoms with E-state index in [0.29, 0.717) is 41.4 Å². The van der Waals surface area contributed by atoms with Gasteiger partial charge in [-0.2, -0.15) is 0 Å². The van der Waals surface area contributed by atoms with Gasteiger partial charge in [0.1, 0.15) is 11.5 Å². The summed E-state index contributed by atoms with van der Waals surface area (Å²) in [7, 11) is 1.45. The fourth-order valence-corrected chi connectivity index (χ4v) is 12.3. The van der Waals surface area contributed by atoms with E-state index in [9.17, 15) is 4.79 Å². The molecule has 3 rings (SSSR count). The fraction of sp³-hybridized carbons (Fsp3) is 0.857. The van der Waals surface area contributed by atoms with E-state index in [2.05, 4.69) is 47.6 Å². The molecular weight excluding hydrogens is 344 g/mol. The Bertz CT molecular complexity index is 589. The number of carbonyl (C=O) groups excluding carboxylic acids is 1. The molecule has 26 heavy (non-hydrogen) atoms. The topological polar surface area (TPSA) is 44.8 Å². The number of allylic oxidation sites excluding steroid dienone is 1. The lowest BCUT2D eigenvalue weighted by molar-refractivity contribution is -0.121. The van der Waals surface area contributed by atoms with Crippen molar-refractivity contribution in [2.24, 2.45) is 17.3 Å². The van der Waals surface area contributed by atoms with Crippen molar-refractivity contribution in [3.05, 3.63) is 11.8 Å². The number of rotatable bonds is 8. The Labute approximate surface area is 159 Å². The van der Waals surface area contributed by atoms with Crippen LogP contribution in [-0.2, 0) is 18.7 Å². The third-order valence-electron chi connectivity index (χ3n) is 7.74. The molecule has 0 spiro atoms. The monoisotopic (exact) mass is 380 g/mol. The standard InChI is InChI=1S/C21H36O4Si/c1-13(2)26(14(3)4,15(5)6)25-12-20-11-17(22)19-16(21(19,20)24-8)9-10-18(20)23-7/h10,13-16,19H,9,11-12H2,1-8H3/t16?,19?,20-,21-/m1/s1. The van der Waals surface area contributed by atoms with Gasteiger partial charge in [-0.25, -0.2) is 0 Å². The van der Waals surface area contributed by atoms with Crippen LogP contribution in [0.25, 0.3) is 0 Å². The highest BCUT2D eigenvalue weighted by Gasteiger charge is 2.84. The van der Waals surface area contributed by atoms with E-state index in [1.165, 1.54) is 0 Å². The van der Waals surface area contributed by atoms with Gasteiger partial charge in [0.05, 0.1) is 24.0 Å². The van der Waals surface area contributed by atoms with Crippen molar-refractivity contribution in [3.63, 3.8) is 0 Å². The number of fused-ring (bicyclic) bond motifs is 1. The molecule has 3 aliphatic carbocycles. The van der Waals surface area contributed by atoms with Crippen LogP contribution in [0.5, 0.6) is 0 Å². The van der Waals surface area contributed by atoms with E-state index in [1.807, 2.05) is 0 Å². The second kappa shape index (κ2) is 6.45. The molecule has 0 heterocycles.